The van der Waals surface area contributed by atoms with Gasteiger partial charge in [-0.15, -0.1) is 0 Å². The Kier molecular flexibility index (Phi) is 2.52. The van der Waals surface area contributed by atoms with E-state index in [0.717, 1.165) is 33.8 Å². The molecular weight excluding hydrogens is 252 g/mol. The van der Waals surface area contributed by atoms with Crippen molar-refractivity contribution in [3.63, 3.8) is 0 Å². The number of hydrogen-bond acceptors (Lipinski definition) is 3. The predicted octanol–water partition coefficient (Wildman–Crippen LogP) is 4.15. The van der Waals surface area contributed by atoms with Crippen LogP contribution < -0.4 is 4.74 Å². The van der Waals surface area contributed by atoms with Crippen molar-refractivity contribution in [1.82, 2.24) is 0 Å². The van der Waals surface area contributed by atoms with Crippen LogP contribution in [0, 0.1) is 13.8 Å². The van der Waals surface area contributed by atoms with E-state index in [9.17, 15) is 10.2 Å². The van der Waals surface area contributed by atoms with Crippen LogP contribution in [0.2, 0.25) is 0 Å². The zero-order valence-electron chi connectivity index (χ0n) is 12.1. The van der Waals surface area contributed by atoms with Crippen molar-refractivity contribution < 1.29 is 14.9 Å². The van der Waals surface area contributed by atoms with Gasteiger partial charge in [-0.25, -0.2) is 0 Å². The lowest BCUT2D eigenvalue weighted by atomic mass is 9.73. The van der Waals surface area contributed by atoms with Gasteiger partial charge in [0.15, 0.2) is 0 Å². The first kappa shape index (κ1) is 12.9. The van der Waals surface area contributed by atoms with Gasteiger partial charge < -0.3 is 14.9 Å². The van der Waals surface area contributed by atoms with Crippen LogP contribution in [0.25, 0.3) is 0 Å². The monoisotopic (exact) mass is 270 g/mol. The molecule has 104 valence electrons. The van der Waals surface area contributed by atoms with Crippen molar-refractivity contribution in [3.05, 3.63) is 46.5 Å². The van der Waals surface area contributed by atoms with E-state index in [1.165, 1.54) is 0 Å². The van der Waals surface area contributed by atoms with Crippen molar-refractivity contribution in [2.24, 2.45) is 0 Å². The maximum atomic E-state index is 10.2. The SMILES string of the molecule is Cc1cc2c(c(C)c1O)C(C)(C)c1cc(O)ccc1O2. The highest BCUT2D eigenvalue weighted by atomic mass is 16.5. The van der Waals surface area contributed by atoms with Gasteiger partial charge >= 0.3 is 0 Å². The van der Waals surface area contributed by atoms with Crippen LogP contribution in [0.3, 0.4) is 0 Å². The molecule has 2 aromatic rings. The number of ether oxygens (including phenoxy) is 1. The third-order valence-corrected chi connectivity index (χ3v) is 4.18. The van der Waals surface area contributed by atoms with Gasteiger partial charge in [0.1, 0.15) is 23.0 Å². The van der Waals surface area contributed by atoms with Crippen molar-refractivity contribution in [2.75, 3.05) is 0 Å². The lowest BCUT2D eigenvalue weighted by molar-refractivity contribution is 0.402. The molecule has 0 saturated carbocycles. The van der Waals surface area contributed by atoms with E-state index in [0.29, 0.717) is 5.75 Å². The molecule has 0 aliphatic carbocycles. The average molecular weight is 270 g/mol. The zero-order valence-corrected chi connectivity index (χ0v) is 12.1. The molecular formula is C17H18O3. The van der Waals surface area contributed by atoms with E-state index in [-0.39, 0.29) is 11.2 Å². The molecule has 0 atom stereocenters. The molecule has 0 saturated heterocycles. The van der Waals surface area contributed by atoms with Crippen molar-refractivity contribution in [2.45, 2.75) is 33.1 Å². The van der Waals surface area contributed by atoms with Crippen LogP contribution in [-0.2, 0) is 5.41 Å². The summed E-state index contributed by atoms with van der Waals surface area (Å²) in [4.78, 5) is 0. The number of benzene rings is 2. The van der Waals surface area contributed by atoms with E-state index < -0.39 is 0 Å². The number of phenolic OH excluding ortho intramolecular Hbond substituents is 2. The summed E-state index contributed by atoms with van der Waals surface area (Å²) in [5.41, 5.74) is 3.20. The van der Waals surface area contributed by atoms with Crippen LogP contribution >= 0.6 is 0 Å². The molecule has 0 fully saturated rings. The third kappa shape index (κ3) is 1.59. The average Bonchev–Trinajstić information content (AvgIpc) is 2.37. The Balaban J connectivity index is 2.34. The Labute approximate surface area is 118 Å². The number of fused-ring (bicyclic) bond motifs is 2. The van der Waals surface area contributed by atoms with Gasteiger partial charge in [0.2, 0.25) is 0 Å². The van der Waals surface area contributed by atoms with Crippen molar-refractivity contribution in [1.29, 1.82) is 0 Å². The fourth-order valence-corrected chi connectivity index (χ4v) is 3.14. The number of rotatable bonds is 0. The molecule has 1 aliphatic heterocycles. The molecule has 0 radical (unpaired) electrons. The van der Waals surface area contributed by atoms with Gasteiger partial charge in [0.25, 0.3) is 0 Å². The van der Waals surface area contributed by atoms with Gasteiger partial charge in [-0.05, 0) is 49.2 Å². The van der Waals surface area contributed by atoms with Crippen LogP contribution in [0.4, 0.5) is 0 Å². The molecule has 20 heavy (non-hydrogen) atoms. The fraction of sp³-hybridized carbons (Fsp3) is 0.294. The molecule has 3 rings (SSSR count). The molecule has 3 nitrogen and oxygen atoms in total. The Bertz CT molecular complexity index is 715. The van der Waals surface area contributed by atoms with Gasteiger partial charge in [-0.3, -0.25) is 0 Å². The lowest BCUT2D eigenvalue weighted by Gasteiger charge is -2.36. The first-order valence-electron chi connectivity index (χ1n) is 6.67. The summed E-state index contributed by atoms with van der Waals surface area (Å²) in [5, 5.41) is 19.9. The van der Waals surface area contributed by atoms with E-state index in [1.54, 1.807) is 18.2 Å². The Morgan fingerprint density at radius 2 is 1.70 bits per heavy atom. The van der Waals surface area contributed by atoms with Crippen LogP contribution in [0.15, 0.2) is 24.3 Å². The molecule has 3 heteroatoms. The molecule has 0 bridgehead atoms. The maximum Gasteiger partial charge on any atom is 0.132 e. The number of aryl methyl sites for hydroxylation is 1. The second-order valence-electron chi connectivity index (χ2n) is 5.95. The van der Waals surface area contributed by atoms with Crippen LogP contribution in [-0.4, -0.2) is 10.2 Å². The summed E-state index contributed by atoms with van der Waals surface area (Å²) in [6, 6.07) is 7.01. The summed E-state index contributed by atoms with van der Waals surface area (Å²) < 4.78 is 5.96. The standard InChI is InChI=1S/C17H18O3/c1-9-7-14-15(10(2)16(9)19)17(3,4)12-8-11(18)5-6-13(12)20-14/h5-8,18-19H,1-4H3. The first-order valence-corrected chi connectivity index (χ1v) is 6.67. The molecule has 0 unspecified atom stereocenters. The number of hydrogen-bond donors (Lipinski definition) is 2. The molecule has 1 heterocycles. The molecule has 2 aromatic carbocycles. The summed E-state index contributed by atoms with van der Waals surface area (Å²) >= 11 is 0. The van der Waals surface area contributed by atoms with Crippen molar-refractivity contribution in [3.8, 4) is 23.0 Å². The normalized spacial score (nSPS) is 15.2. The number of aromatic hydroxyl groups is 2. The second kappa shape index (κ2) is 3.92. The van der Waals surface area contributed by atoms with Gasteiger partial charge in [-0.2, -0.15) is 0 Å². The first-order chi connectivity index (χ1) is 9.32. The minimum Gasteiger partial charge on any atom is -0.508 e. The molecule has 1 aliphatic rings. The highest BCUT2D eigenvalue weighted by molar-refractivity contribution is 5.64. The van der Waals surface area contributed by atoms with E-state index in [4.69, 9.17) is 4.74 Å². The van der Waals surface area contributed by atoms with E-state index in [2.05, 4.69) is 13.8 Å². The molecule has 0 spiro atoms. The van der Waals surface area contributed by atoms with E-state index in [1.807, 2.05) is 19.9 Å². The highest BCUT2D eigenvalue weighted by Gasteiger charge is 2.37. The van der Waals surface area contributed by atoms with Gasteiger partial charge in [0.05, 0.1) is 0 Å². The topological polar surface area (TPSA) is 49.7 Å². The Morgan fingerprint density at radius 3 is 2.40 bits per heavy atom. The molecule has 2 N–H and O–H groups in total. The quantitative estimate of drug-likeness (QED) is 0.756. The van der Waals surface area contributed by atoms with E-state index >= 15 is 0 Å². The summed E-state index contributed by atoms with van der Waals surface area (Å²) in [6.07, 6.45) is 0. The highest BCUT2D eigenvalue weighted by Crippen LogP contribution is 2.51. The Hall–Kier alpha value is -2.16. The maximum absolute atomic E-state index is 10.2. The third-order valence-electron chi connectivity index (χ3n) is 4.18. The minimum atomic E-state index is -0.336. The largest absolute Gasteiger partial charge is 0.508 e. The minimum absolute atomic E-state index is 0.220. The smallest absolute Gasteiger partial charge is 0.132 e. The zero-order chi connectivity index (χ0) is 14.7. The van der Waals surface area contributed by atoms with Gasteiger partial charge in [0, 0.05) is 16.5 Å². The Morgan fingerprint density at radius 1 is 1.00 bits per heavy atom. The van der Waals surface area contributed by atoms with Gasteiger partial charge in [-0.1, -0.05) is 13.8 Å². The lowest BCUT2D eigenvalue weighted by Crippen LogP contribution is -2.25. The summed E-state index contributed by atoms with van der Waals surface area (Å²) in [5.74, 6) is 2.06. The van der Waals surface area contributed by atoms with Crippen LogP contribution in [0.5, 0.6) is 23.0 Å². The predicted molar refractivity (Wildman–Crippen MR) is 77.9 cm³/mol. The van der Waals surface area contributed by atoms with Crippen LogP contribution in [0.1, 0.15) is 36.1 Å². The fourth-order valence-electron chi connectivity index (χ4n) is 3.14. The molecule has 0 amide bonds. The number of phenols is 2. The summed E-state index contributed by atoms with van der Waals surface area (Å²) in [7, 11) is 0. The molecule has 0 aromatic heterocycles. The summed E-state index contributed by atoms with van der Waals surface area (Å²) in [6.45, 7) is 7.92. The van der Waals surface area contributed by atoms with Crippen molar-refractivity contribution >= 4 is 0 Å². The second-order valence-corrected chi connectivity index (χ2v) is 5.95.